The van der Waals surface area contributed by atoms with Crippen LogP contribution in [0.2, 0.25) is 0 Å². The van der Waals surface area contributed by atoms with Crippen molar-refractivity contribution in [3.05, 3.63) is 0 Å². The number of hydrogen-bond acceptors (Lipinski definition) is 3. The largest absolute Gasteiger partial charge is 0.393 e. The molecule has 0 rings (SSSR count). The highest BCUT2D eigenvalue weighted by Gasteiger charge is 2.24. The van der Waals surface area contributed by atoms with E-state index in [9.17, 15) is 4.79 Å². The summed E-state index contributed by atoms with van der Waals surface area (Å²) in [6.07, 6.45) is -0.00638. The number of hydrogen-bond donors (Lipinski definition) is 2. The third-order valence-corrected chi connectivity index (χ3v) is 2.48. The minimum atomic E-state index is -0.399. The molecule has 0 heterocycles. The molecule has 88 valence electrons. The summed E-state index contributed by atoms with van der Waals surface area (Å²) in [5, 5.41) is 2.76. The first-order valence-electron chi connectivity index (χ1n) is 5.00. The molecule has 0 aromatic carbocycles. The van der Waals surface area contributed by atoms with Crippen LogP contribution in [0.4, 0.5) is 0 Å². The van der Waals surface area contributed by atoms with E-state index in [1.165, 1.54) is 0 Å². The molecule has 0 saturated carbocycles. The highest BCUT2D eigenvalue weighted by atomic mass is 32.1. The van der Waals surface area contributed by atoms with Crippen molar-refractivity contribution >= 4 is 23.1 Å². The molecule has 0 aromatic rings. The molecule has 0 bridgehead atoms. The van der Waals surface area contributed by atoms with Crippen molar-refractivity contribution < 1.29 is 9.53 Å². The van der Waals surface area contributed by atoms with Gasteiger partial charge in [-0.1, -0.05) is 26.1 Å². The fourth-order valence-corrected chi connectivity index (χ4v) is 1.58. The Kier molecular flexibility index (Phi) is 6.43. The Balaban J connectivity index is 4.22. The van der Waals surface area contributed by atoms with Crippen LogP contribution in [-0.4, -0.2) is 30.7 Å². The average molecular weight is 232 g/mol. The van der Waals surface area contributed by atoms with Gasteiger partial charge in [0, 0.05) is 13.7 Å². The van der Waals surface area contributed by atoms with Crippen molar-refractivity contribution in [1.29, 1.82) is 0 Å². The van der Waals surface area contributed by atoms with E-state index in [1.54, 1.807) is 7.11 Å². The zero-order valence-corrected chi connectivity index (χ0v) is 10.6. The fraction of sp³-hybridized carbons (Fsp3) is 0.800. The first kappa shape index (κ1) is 14.3. The molecular weight excluding hydrogens is 212 g/mol. The summed E-state index contributed by atoms with van der Waals surface area (Å²) in [5.41, 5.74) is 5.52. The highest BCUT2D eigenvalue weighted by molar-refractivity contribution is 7.80. The van der Waals surface area contributed by atoms with Gasteiger partial charge in [-0.05, 0) is 12.8 Å². The Morgan fingerprint density at radius 1 is 1.47 bits per heavy atom. The molecule has 0 radical (unpaired) electrons. The Labute approximate surface area is 96.5 Å². The maximum atomic E-state index is 11.7. The lowest BCUT2D eigenvalue weighted by Crippen LogP contribution is -2.43. The molecule has 5 heteroatoms. The topological polar surface area (TPSA) is 64.3 Å². The van der Waals surface area contributed by atoms with Crippen LogP contribution in [-0.2, 0) is 9.53 Å². The van der Waals surface area contributed by atoms with E-state index in [-0.39, 0.29) is 22.9 Å². The summed E-state index contributed by atoms with van der Waals surface area (Å²) >= 11 is 4.86. The van der Waals surface area contributed by atoms with E-state index in [0.29, 0.717) is 6.54 Å². The van der Waals surface area contributed by atoms with Crippen molar-refractivity contribution in [3.63, 3.8) is 0 Å². The van der Waals surface area contributed by atoms with E-state index in [1.807, 2.05) is 20.8 Å². The number of rotatable bonds is 6. The molecule has 1 amide bonds. The molecular formula is C10H20N2O2S. The summed E-state index contributed by atoms with van der Waals surface area (Å²) < 4.78 is 5.02. The number of thiocarbonyl (C=S) groups is 1. The summed E-state index contributed by atoms with van der Waals surface area (Å²) in [7, 11) is 1.60. The van der Waals surface area contributed by atoms with Crippen LogP contribution in [0.1, 0.15) is 20.8 Å². The number of nitrogens with one attached hydrogen (secondary N) is 1. The number of carbonyl (C=O) groups is 1. The van der Waals surface area contributed by atoms with Crippen LogP contribution in [0, 0.1) is 11.8 Å². The van der Waals surface area contributed by atoms with Gasteiger partial charge in [0.2, 0.25) is 5.91 Å². The number of nitrogens with two attached hydrogens (primary N) is 1. The van der Waals surface area contributed by atoms with Gasteiger partial charge >= 0.3 is 0 Å². The highest BCUT2D eigenvalue weighted by Crippen LogP contribution is 2.11. The van der Waals surface area contributed by atoms with E-state index < -0.39 is 5.92 Å². The number of amides is 1. The summed E-state index contributed by atoms with van der Waals surface area (Å²) in [4.78, 5) is 12.0. The molecule has 0 fully saturated rings. The maximum absolute atomic E-state index is 11.7. The van der Waals surface area contributed by atoms with Crippen LogP contribution >= 0.6 is 12.2 Å². The fourth-order valence-electron chi connectivity index (χ4n) is 1.20. The molecule has 0 aromatic heterocycles. The van der Waals surface area contributed by atoms with Gasteiger partial charge in [-0.25, -0.2) is 0 Å². The van der Waals surface area contributed by atoms with E-state index in [2.05, 4.69) is 5.32 Å². The monoisotopic (exact) mass is 232 g/mol. The van der Waals surface area contributed by atoms with Gasteiger partial charge < -0.3 is 15.8 Å². The number of methoxy groups -OCH3 is 1. The second-order valence-corrected chi connectivity index (χ2v) is 4.39. The van der Waals surface area contributed by atoms with Crippen LogP contribution in [0.3, 0.4) is 0 Å². The Morgan fingerprint density at radius 3 is 2.33 bits per heavy atom. The zero-order chi connectivity index (χ0) is 12.0. The maximum Gasteiger partial charge on any atom is 0.230 e. The smallest absolute Gasteiger partial charge is 0.230 e. The van der Waals surface area contributed by atoms with E-state index >= 15 is 0 Å². The van der Waals surface area contributed by atoms with Crippen LogP contribution < -0.4 is 11.1 Å². The number of ether oxygens (including phenoxy) is 1. The molecule has 2 atom stereocenters. The second-order valence-electron chi connectivity index (χ2n) is 3.92. The quantitative estimate of drug-likeness (QED) is 0.662. The van der Waals surface area contributed by atoms with Crippen molar-refractivity contribution in [1.82, 2.24) is 5.32 Å². The van der Waals surface area contributed by atoms with Gasteiger partial charge in [0.1, 0.15) is 0 Å². The summed E-state index contributed by atoms with van der Waals surface area (Å²) in [5.74, 6) is -0.411. The third kappa shape index (κ3) is 5.09. The molecule has 0 aliphatic rings. The van der Waals surface area contributed by atoms with Gasteiger partial charge in [-0.3, -0.25) is 4.79 Å². The summed E-state index contributed by atoms with van der Waals surface area (Å²) in [6, 6.07) is 0. The van der Waals surface area contributed by atoms with Gasteiger partial charge in [0.25, 0.3) is 0 Å². The molecule has 0 aliphatic carbocycles. The predicted molar refractivity (Wildman–Crippen MR) is 64.6 cm³/mol. The van der Waals surface area contributed by atoms with Crippen molar-refractivity contribution in [2.45, 2.75) is 26.9 Å². The van der Waals surface area contributed by atoms with Gasteiger partial charge in [0.05, 0.1) is 17.0 Å². The minimum Gasteiger partial charge on any atom is -0.393 e. The second kappa shape index (κ2) is 6.74. The Bertz CT molecular complexity index is 231. The molecule has 0 aliphatic heterocycles. The normalized spacial score (nSPS) is 14.7. The van der Waals surface area contributed by atoms with Crippen molar-refractivity contribution in [3.8, 4) is 0 Å². The Morgan fingerprint density at radius 2 is 2.00 bits per heavy atom. The average Bonchev–Trinajstić information content (AvgIpc) is 2.12. The molecule has 2 unspecified atom stereocenters. The molecule has 0 spiro atoms. The van der Waals surface area contributed by atoms with Gasteiger partial charge in [0.15, 0.2) is 0 Å². The van der Waals surface area contributed by atoms with E-state index in [0.717, 1.165) is 0 Å². The molecule has 15 heavy (non-hydrogen) atoms. The summed E-state index contributed by atoms with van der Waals surface area (Å²) in [6.45, 7) is 6.19. The zero-order valence-electron chi connectivity index (χ0n) is 9.74. The predicted octanol–water partition coefficient (Wildman–Crippen LogP) is 0.696. The van der Waals surface area contributed by atoms with E-state index in [4.69, 9.17) is 22.7 Å². The molecule has 3 N–H and O–H groups in total. The lowest BCUT2D eigenvalue weighted by atomic mass is 9.95. The van der Waals surface area contributed by atoms with Crippen LogP contribution in [0.25, 0.3) is 0 Å². The van der Waals surface area contributed by atoms with Crippen molar-refractivity contribution in [2.24, 2.45) is 17.6 Å². The number of carbonyl (C=O) groups excluding carboxylic acids is 1. The molecule has 4 nitrogen and oxygen atoms in total. The first-order valence-corrected chi connectivity index (χ1v) is 5.40. The SMILES string of the molecule is COC(C)CNC(=O)C(C(N)=S)C(C)C. The first-order chi connectivity index (χ1) is 6.90. The van der Waals surface area contributed by atoms with Gasteiger partial charge in [-0.15, -0.1) is 0 Å². The minimum absolute atomic E-state index is 0.00638. The van der Waals surface area contributed by atoms with Crippen LogP contribution in [0.5, 0.6) is 0 Å². The van der Waals surface area contributed by atoms with Crippen LogP contribution in [0.15, 0.2) is 0 Å². The lowest BCUT2D eigenvalue weighted by Gasteiger charge is -2.20. The van der Waals surface area contributed by atoms with Crippen molar-refractivity contribution in [2.75, 3.05) is 13.7 Å². The molecule has 0 saturated heterocycles. The van der Waals surface area contributed by atoms with Gasteiger partial charge in [-0.2, -0.15) is 0 Å². The standard InChI is InChI=1S/C10H20N2O2S/c1-6(2)8(9(11)15)10(13)12-5-7(3)14-4/h6-8H,5H2,1-4H3,(H2,11,15)(H,12,13). The Hall–Kier alpha value is -0.680. The third-order valence-electron chi connectivity index (χ3n) is 2.22. The lowest BCUT2D eigenvalue weighted by molar-refractivity contribution is -0.124.